The number of benzene rings is 1. The normalized spacial score (nSPS) is 24.2. The Morgan fingerprint density at radius 1 is 1.12 bits per heavy atom. The molecule has 2 saturated carbocycles. The maximum absolute atomic E-state index is 12.3. The summed E-state index contributed by atoms with van der Waals surface area (Å²) < 4.78 is 0. The summed E-state index contributed by atoms with van der Waals surface area (Å²) in [7, 11) is 0. The number of amides is 3. The SMILES string of the molecule is CC(NC(=O)C1CCC(N)C1)c1ccc(NC(=O)NC2CC2)cc1. The number of hydrogen-bond acceptors (Lipinski definition) is 3. The molecule has 2 aliphatic carbocycles. The standard InChI is InChI=1S/C18H26N4O2/c1-11(20-17(23)13-2-5-14(19)10-13)12-3-6-15(7-4-12)21-18(24)22-16-8-9-16/h3-4,6-7,11,13-14,16H,2,5,8-10,19H2,1H3,(H,20,23)(H2,21,22,24). The number of hydrogen-bond donors (Lipinski definition) is 4. The first-order chi connectivity index (χ1) is 11.5. The molecule has 0 aliphatic heterocycles. The summed E-state index contributed by atoms with van der Waals surface area (Å²) in [5.41, 5.74) is 7.64. The zero-order chi connectivity index (χ0) is 17.1. The Morgan fingerprint density at radius 3 is 2.42 bits per heavy atom. The molecule has 3 unspecified atom stereocenters. The van der Waals surface area contributed by atoms with Gasteiger partial charge >= 0.3 is 6.03 Å². The third kappa shape index (κ3) is 4.47. The Kier molecular flexibility index (Phi) is 5.04. The van der Waals surface area contributed by atoms with Crippen molar-refractivity contribution in [1.82, 2.24) is 10.6 Å². The lowest BCUT2D eigenvalue weighted by Gasteiger charge is -2.18. The number of anilines is 1. The first-order valence-electron chi connectivity index (χ1n) is 8.74. The molecule has 6 heteroatoms. The zero-order valence-electron chi connectivity index (χ0n) is 14.0. The molecule has 0 heterocycles. The summed E-state index contributed by atoms with van der Waals surface area (Å²) in [5, 5.41) is 8.76. The van der Waals surface area contributed by atoms with Gasteiger partial charge in [-0.2, -0.15) is 0 Å². The topological polar surface area (TPSA) is 96.2 Å². The van der Waals surface area contributed by atoms with Crippen LogP contribution in [0.4, 0.5) is 10.5 Å². The van der Waals surface area contributed by atoms with Gasteiger partial charge in [-0.15, -0.1) is 0 Å². The van der Waals surface area contributed by atoms with Crippen LogP contribution in [0.2, 0.25) is 0 Å². The first kappa shape index (κ1) is 16.8. The molecule has 6 nitrogen and oxygen atoms in total. The van der Waals surface area contributed by atoms with Gasteiger partial charge in [0.15, 0.2) is 0 Å². The van der Waals surface area contributed by atoms with Gasteiger partial charge in [0, 0.05) is 23.7 Å². The van der Waals surface area contributed by atoms with Gasteiger partial charge in [-0.3, -0.25) is 4.79 Å². The molecule has 0 radical (unpaired) electrons. The molecular weight excluding hydrogens is 304 g/mol. The van der Waals surface area contributed by atoms with Crippen LogP contribution in [0.3, 0.4) is 0 Å². The maximum atomic E-state index is 12.3. The van der Waals surface area contributed by atoms with Gasteiger partial charge in [-0.25, -0.2) is 4.79 Å². The highest BCUT2D eigenvalue weighted by molar-refractivity contribution is 5.89. The summed E-state index contributed by atoms with van der Waals surface area (Å²) in [6, 6.07) is 7.83. The van der Waals surface area contributed by atoms with Crippen LogP contribution < -0.4 is 21.7 Å². The van der Waals surface area contributed by atoms with Crippen LogP contribution in [-0.2, 0) is 4.79 Å². The van der Waals surface area contributed by atoms with Crippen LogP contribution in [0.5, 0.6) is 0 Å². The van der Waals surface area contributed by atoms with Gasteiger partial charge in [0.25, 0.3) is 0 Å². The van der Waals surface area contributed by atoms with Gasteiger partial charge in [0.1, 0.15) is 0 Å². The predicted octanol–water partition coefficient (Wildman–Crippen LogP) is 2.28. The third-order valence-electron chi connectivity index (χ3n) is 4.78. The van der Waals surface area contributed by atoms with Gasteiger partial charge in [0.2, 0.25) is 5.91 Å². The summed E-state index contributed by atoms with van der Waals surface area (Å²) in [6.07, 6.45) is 4.71. The van der Waals surface area contributed by atoms with E-state index in [2.05, 4.69) is 16.0 Å². The fraction of sp³-hybridized carbons (Fsp3) is 0.556. The lowest BCUT2D eigenvalue weighted by molar-refractivity contribution is -0.125. The van der Waals surface area contributed by atoms with Crippen LogP contribution >= 0.6 is 0 Å². The van der Waals surface area contributed by atoms with E-state index in [1.807, 2.05) is 31.2 Å². The maximum Gasteiger partial charge on any atom is 0.319 e. The van der Waals surface area contributed by atoms with E-state index >= 15 is 0 Å². The van der Waals surface area contributed by atoms with Crippen molar-refractivity contribution in [3.8, 4) is 0 Å². The van der Waals surface area contributed by atoms with Crippen molar-refractivity contribution >= 4 is 17.6 Å². The minimum Gasteiger partial charge on any atom is -0.349 e. The second-order valence-electron chi connectivity index (χ2n) is 7.00. The van der Waals surface area contributed by atoms with Crippen LogP contribution in [0.25, 0.3) is 0 Å². The predicted molar refractivity (Wildman–Crippen MR) is 93.5 cm³/mol. The molecule has 0 bridgehead atoms. The first-order valence-corrected chi connectivity index (χ1v) is 8.74. The minimum atomic E-state index is -0.163. The molecule has 24 heavy (non-hydrogen) atoms. The Labute approximate surface area is 142 Å². The smallest absolute Gasteiger partial charge is 0.319 e. The molecule has 2 aliphatic rings. The van der Waals surface area contributed by atoms with E-state index in [0.29, 0.717) is 6.04 Å². The van der Waals surface area contributed by atoms with Crippen LogP contribution in [0, 0.1) is 5.92 Å². The minimum absolute atomic E-state index is 0.0366. The summed E-state index contributed by atoms with van der Waals surface area (Å²) in [4.78, 5) is 24.0. The second-order valence-corrected chi connectivity index (χ2v) is 7.00. The van der Waals surface area contributed by atoms with Gasteiger partial charge in [0.05, 0.1) is 6.04 Å². The summed E-state index contributed by atoms with van der Waals surface area (Å²) in [6.45, 7) is 1.97. The van der Waals surface area contributed by atoms with Gasteiger partial charge < -0.3 is 21.7 Å². The van der Waals surface area contributed by atoms with Crippen LogP contribution in [0.15, 0.2) is 24.3 Å². The summed E-state index contributed by atoms with van der Waals surface area (Å²) in [5.74, 6) is 0.121. The average Bonchev–Trinajstić information content (AvgIpc) is 3.25. The molecule has 130 valence electrons. The highest BCUT2D eigenvalue weighted by atomic mass is 16.2. The monoisotopic (exact) mass is 330 g/mol. The largest absolute Gasteiger partial charge is 0.349 e. The Bertz CT molecular complexity index is 598. The van der Waals surface area contributed by atoms with Crippen molar-refractivity contribution in [2.75, 3.05) is 5.32 Å². The number of carbonyl (C=O) groups excluding carboxylic acids is 2. The van der Waals surface area contributed by atoms with Crippen molar-refractivity contribution in [2.45, 2.75) is 57.2 Å². The van der Waals surface area contributed by atoms with Crippen LogP contribution in [-0.4, -0.2) is 24.0 Å². The van der Waals surface area contributed by atoms with E-state index in [1.165, 1.54) is 0 Å². The molecule has 0 aromatic heterocycles. The summed E-state index contributed by atoms with van der Waals surface area (Å²) >= 11 is 0. The van der Waals surface area contributed by atoms with E-state index in [9.17, 15) is 9.59 Å². The number of urea groups is 1. The molecule has 0 spiro atoms. The Morgan fingerprint density at radius 2 is 1.83 bits per heavy atom. The number of nitrogens with one attached hydrogen (secondary N) is 3. The lowest BCUT2D eigenvalue weighted by Crippen LogP contribution is -2.32. The third-order valence-corrected chi connectivity index (χ3v) is 4.78. The van der Waals surface area contributed by atoms with E-state index < -0.39 is 0 Å². The van der Waals surface area contributed by atoms with Gasteiger partial charge in [-0.1, -0.05) is 12.1 Å². The highest BCUT2D eigenvalue weighted by Gasteiger charge is 2.28. The Balaban J connectivity index is 1.50. The Hall–Kier alpha value is -2.08. The molecule has 1 aromatic carbocycles. The average molecular weight is 330 g/mol. The molecular formula is C18H26N4O2. The van der Waals surface area contributed by atoms with Crippen molar-refractivity contribution in [3.05, 3.63) is 29.8 Å². The molecule has 1 aromatic rings. The van der Waals surface area contributed by atoms with E-state index in [0.717, 1.165) is 43.4 Å². The van der Waals surface area contributed by atoms with E-state index in [4.69, 9.17) is 5.73 Å². The fourth-order valence-electron chi connectivity index (χ4n) is 3.10. The lowest BCUT2D eigenvalue weighted by atomic mass is 10.0. The molecule has 3 amide bonds. The van der Waals surface area contributed by atoms with E-state index in [-0.39, 0.29) is 29.9 Å². The van der Waals surface area contributed by atoms with Crippen molar-refractivity contribution < 1.29 is 9.59 Å². The molecule has 3 atom stereocenters. The van der Waals surface area contributed by atoms with Crippen molar-refractivity contribution in [2.24, 2.45) is 11.7 Å². The van der Waals surface area contributed by atoms with Crippen molar-refractivity contribution in [3.63, 3.8) is 0 Å². The number of nitrogens with two attached hydrogens (primary N) is 1. The number of rotatable bonds is 5. The molecule has 3 rings (SSSR count). The molecule has 5 N–H and O–H groups in total. The quantitative estimate of drug-likeness (QED) is 0.667. The second kappa shape index (κ2) is 7.21. The van der Waals surface area contributed by atoms with Crippen LogP contribution in [0.1, 0.15) is 50.6 Å². The fourth-order valence-corrected chi connectivity index (χ4v) is 3.10. The van der Waals surface area contributed by atoms with Crippen molar-refractivity contribution in [1.29, 1.82) is 0 Å². The van der Waals surface area contributed by atoms with Gasteiger partial charge in [-0.05, 0) is 56.7 Å². The highest BCUT2D eigenvalue weighted by Crippen LogP contribution is 2.25. The number of carbonyl (C=O) groups is 2. The molecule has 0 saturated heterocycles. The zero-order valence-corrected chi connectivity index (χ0v) is 14.0. The molecule has 2 fully saturated rings. The van der Waals surface area contributed by atoms with E-state index in [1.54, 1.807) is 0 Å².